The molecule has 0 radical (unpaired) electrons. The Morgan fingerprint density at radius 1 is 0.596 bits per heavy atom. The highest BCUT2D eigenvalue weighted by atomic mass is 32.2. The maximum absolute atomic E-state index is 12.8. The minimum Gasteiger partial charge on any atom is -0.444 e. The van der Waals surface area contributed by atoms with Gasteiger partial charge >= 0.3 is 6.09 Å². The van der Waals surface area contributed by atoms with E-state index in [4.69, 9.17) is 4.74 Å². The van der Waals surface area contributed by atoms with Crippen LogP contribution in [0, 0.1) is 0 Å². The van der Waals surface area contributed by atoms with Crippen molar-refractivity contribution in [3.05, 3.63) is 126 Å². The Bertz CT molecular complexity index is 2220. The van der Waals surface area contributed by atoms with Gasteiger partial charge in [0.25, 0.3) is 27.8 Å². The van der Waals surface area contributed by atoms with E-state index in [0.717, 1.165) is 0 Å². The van der Waals surface area contributed by atoms with Gasteiger partial charge in [0, 0.05) is 63.3 Å². The van der Waals surface area contributed by atoms with Crippen LogP contribution in [-0.2, 0) is 14.9 Å². The first-order chi connectivity index (χ1) is 24.7. The molecule has 0 aliphatic heterocycles. The number of rotatable bonds is 11. The zero-order valence-electron chi connectivity index (χ0n) is 28.5. The molecule has 13 nitrogen and oxygen atoms in total. The Morgan fingerprint density at radius 3 is 1.56 bits per heavy atom. The van der Waals surface area contributed by atoms with Crippen LogP contribution in [0.2, 0.25) is 0 Å². The summed E-state index contributed by atoms with van der Waals surface area (Å²) in [6, 6.07) is 28.7. The highest BCUT2D eigenvalue weighted by Crippen LogP contribution is 2.28. The molecule has 0 aromatic heterocycles. The number of hydrogen-bond donors (Lipinski definition) is 6. The standard InChI is InChI=1S/C38H37N5O8S/c1-38(2,3)51-37(47)43-29-20-14-26(15-21-29)36(46)42-28-18-12-25(13-19-28)35(45)41-27-16-10-24(11-17-27)34(44)40-23-22-39-32-8-4-7-31-30(32)6-5-9-33(31)52(48,49)50/h4-21,39H,22-23H2,1-3H3,(H,40,44)(H,41,45)(H,42,46)(H,43,47)(H,48,49,50). The smallest absolute Gasteiger partial charge is 0.412 e. The summed E-state index contributed by atoms with van der Waals surface area (Å²) in [5, 5.41) is 15.1. The average Bonchev–Trinajstić information content (AvgIpc) is 3.09. The second kappa shape index (κ2) is 15.7. The number of ether oxygens (including phenoxy) is 1. The van der Waals surface area contributed by atoms with Crippen molar-refractivity contribution in [2.75, 3.05) is 34.4 Å². The molecule has 0 fully saturated rings. The lowest BCUT2D eigenvalue weighted by Gasteiger charge is -2.19. The van der Waals surface area contributed by atoms with E-state index in [-0.39, 0.29) is 29.2 Å². The van der Waals surface area contributed by atoms with Crippen molar-refractivity contribution in [1.82, 2.24) is 5.32 Å². The maximum Gasteiger partial charge on any atom is 0.412 e. The lowest BCUT2D eigenvalue weighted by atomic mass is 10.1. The molecule has 0 saturated carbocycles. The lowest BCUT2D eigenvalue weighted by molar-refractivity contribution is 0.0635. The first kappa shape index (κ1) is 37.0. The predicted molar refractivity (Wildman–Crippen MR) is 200 cm³/mol. The van der Waals surface area contributed by atoms with E-state index in [0.29, 0.717) is 56.8 Å². The van der Waals surface area contributed by atoms with Gasteiger partial charge in [-0.3, -0.25) is 24.3 Å². The minimum absolute atomic E-state index is 0.183. The molecule has 0 spiro atoms. The molecule has 5 rings (SSSR count). The highest BCUT2D eigenvalue weighted by molar-refractivity contribution is 7.86. The number of anilines is 4. The van der Waals surface area contributed by atoms with Gasteiger partial charge in [0.15, 0.2) is 0 Å². The molecule has 5 aromatic carbocycles. The van der Waals surface area contributed by atoms with E-state index in [1.807, 2.05) is 0 Å². The molecule has 0 heterocycles. The van der Waals surface area contributed by atoms with Crippen LogP contribution in [0.25, 0.3) is 10.8 Å². The van der Waals surface area contributed by atoms with E-state index in [9.17, 15) is 32.1 Å². The molecule has 0 aliphatic carbocycles. The van der Waals surface area contributed by atoms with Gasteiger partial charge in [-0.2, -0.15) is 8.42 Å². The fourth-order valence-corrected chi connectivity index (χ4v) is 5.78. The Morgan fingerprint density at radius 2 is 1.06 bits per heavy atom. The summed E-state index contributed by atoms with van der Waals surface area (Å²) in [6.07, 6.45) is -0.599. The van der Waals surface area contributed by atoms with Crippen LogP contribution < -0.4 is 26.6 Å². The Labute approximate surface area is 300 Å². The Kier molecular flexibility index (Phi) is 11.2. The van der Waals surface area contributed by atoms with Crippen LogP contribution in [0.3, 0.4) is 0 Å². The number of benzene rings is 5. The Balaban J connectivity index is 1.07. The van der Waals surface area contributed by atoms with Crippen LogP contribution in [-0.4, -0.2) is 55.5 Å². The van der Waals surface area contributed by atoms with Gasteiger partial charge in [-0.1, -0.05) is 24.3 Å². The molecular formula is C38H37N5O8S. The molecule has 0 aliphatic rings. The first-order valence-electron chi connectivity index (χ1n) is 16.1. The SMILES string of the molecule is CC(C)(C)OC(=O)Nc1ccc(C(=O)Nc2ccc(C(=O)Nc3ccc(C(=O)NCCNc4cccc5c(S(=O)(=O)O)cccc45)cc3)cc2)cc1. The molecule has 268 valence electrons. The second-order valence-corrected chi connectivity index (χ2v) is 14.0. The maximum atomic E-state index is 12.8. The van der Waals surface area contributed by atoms with Crippen LogP contribution in [0.1, 0.15) is 51.8 Å². The van der Waals surface area contributed by atoms with Gasteiger partial charge in [0.1, 0.15) is 10.5 Å². The van der Waals surface area contributed by atoms with E-state index >= 15 is 0 Å². The van der Waals surface area contributed by atoms with E-state index in [1.165, 1.54) is 6.07 Å². The summed E-state index contributed by atoms with van der Waals surface area (Å²) >= 11 is 0. The summed E-state index contributed by atoms with van der Waals surface area (Å²) < 4.78 is 38.2. The molecule has 6 N–H and O–H groups in total. The van der Waals surface area contributed by atoms with Gasteiger partial charge in [0.05, 0.1) is 0 Å². The number of carbonyl (C=O) groups is 4. The molecule has 14 heteroatoms. The quantitative estimate of drug-likeness (QED) is 0.0630. The normalized spacial score (nSPS) is 11.3. The summed E-state index contributed by atoms with van der Waals surface area (Å²) in [4.78, 5) is 50.1. The first-order valence-corrected chi connectivity index (χ1v) is 17.5. The topological polar surface area (TPSA) is 192 Å². The van der Waals surface area contributed by atoms with Crippen molar-refractivity contribution < 1.29 is 36.9 Å². The third-order valence-electron chi connectivity index (χ3n) is 7.49. The molecule has 52 heavy (non-hydrogen) atoms. The fraction of sp³-hybridized carbons (Fsp3) is 0.158. The zero-order chi connectivity index (χ0) is 37.5. The lowest BCUT2D eigenvalue weighted by Crippen LogP contribution is -2.28. The number of nitrogens with one attached hydrogen (secondary N) is 5. The van der Waals surface area contributed by atoms with Crippen molar-refractivity contribution in [3.63, 3.8) is 0 Å². The summed E-state index contributed by atoms with van der Waals surface area (Å²) in [5.74, 6) is -1.08. The van der Waals surface area contributed by atoms with Crippen LogP contribution in [0.15, 0.2) is 114 Å². The van der Waals surface area contributed by atoms with Gasteiger partial charge in [0.2, 0.25) is 0 Å². The average molecular weight is 724 g/mol. The Hall–Kier alpha value is -6.25. The van der Waals surface area contributed by atoms with Gasteiger partial charge in [-0.25, -0.2) is 4.79 Å². The number of hydrogen-bond acceptors (Lipinski definition) is 8. The number of amides is 4. The third kappa shape index (κ3) is 9.93. The van der Waals surface area contributed by atoms with Crippen LogP contribution >= 0.6 is 0 Å². The molecule has 0 unspecified atom stereocenters. The number of carbonyl (C=O) groups excluding carboxylic acids is 4. The van der Waals surface area contributed by atoms with Crippen molar-refractivity contribution in [2.45, 2.75) is 31.3 Å². The largest absolute Gasteiger partial charge is 0.444 e. The minimum atomic E-state index is -4.39. The molecule has 5 aromatic rings. The van der Waals surface area contributed by atoms with Gasteiger partial charge < -0.3 is 26.0 Å². The van der Waals surface area contributed by atoms with Crippen LogP contribution in [0.4, 0.5) is 27.5 Å². The van der Waals surface area contributed by atoms with Crippen molar-refractivity contribution in [2.24, 2.45) is 0 Å². The molecule has 0 saturated heterocycles. The number of fused-ring (bicyclic) bond motifs is 1. The molecule has 0 atom stereocenters. The summed E-state index contributed by atoms with van der Waals surface area (Å²) in [6.45, 7) is 5.90. The van der Waals surface area contributed by atoms with E-state index < -0.39 is 21.8 Å². The molecule has 0 bridgehead atoms. The summed E-state index contributed by atoms with van der Waals surface area (Å²) in [7, 11) is -4.39. The summed E-state index contributed by atoms with van der Waals surface area (Å²) in [5.41, 5.74) is 2.55. The van der Waals surface area contributed by atoms with Crippen LogP contribution in [0.5, 0.6) is 0 Å². The molecule has 4 amide bonds. The molecular weight excluding hydrogens is 687 g/mol. The van der Waals surface area contributed by atoms with Crippen molar-refractivity contribution in [1.29, 1.82) is 0 Å². The van der Waals surface area contributed by atoms with E-state index in [2.05, 4.69) is 26.6 Å². The van der Waals surface area contributed by atoms with Gasteiger partial charge in [-0.15, -0.1) is 0 Å². The third-order valence-corrected chi connectivity index (χ3v) is 8.40. The van der Waals surface area contributed by atoms with Gasteiger partial charge in [-0.05, 0) is 106 Å². The predicted octanol–water partition coefficient (Wildman–Crippen LogP) is 6.78. The van der Waals surface area contributed by atoms with Crippen molar-refractivity contribution >= 4 is 67.5 Å². The van der Waals surface area contributed by atoms with E-state index in [1.54, 1.807) is 124 Å². The second-order valence-electron chi connectivity index (χ2n) is 12.6. The zero-order valence-corrected chi connectivity index (χ0v) is 29.3. The van der Waals surface area contributed by atoms with Crippen molar-refractivity contribution in [3.8, 4) is 0 Å². The fourth-order valence-electron chi connectivity index (χ4n) is 5.08. The highest BCUT2D eigenvalue weighted by Gasteiger charge is 2.17. The monoisotopic (exact) mass is 723 g/mol.